The van der Waals surface area contributed by atoms with Gasteiger partial charge in [0.25, 0.3) is 0 Å². The van der Waals surface area contributed by atoms with Crippen molar-refractivity contribution in [1.29, 1.82) is 0 Å². The van der Waals surface area contributed by atoms with E-state index in [4.69, 9.17) is 0 Å². The fourth-order valence-electron chi connectivity index (χ4n) is 6.18. The minimum atomic E-state index is -5.10. The van der Waals surface area contributed by atoms with Crippen LogP contribution in [0.4, 0.5) is 42.2 Å². The fourth-order valence-corrected chi connectivity index (χ4v) is 7.76. The molecule has 1 amide bonds. The molecule has 3 heterocycles. The number of piperazine rings is 1. The smallest absolute Gasteiger partial charge is 0.354 e. The molecule has 47 heavy (non-hydrogen) atoms. The van der Waals surface area contributed by atoms with Crippen molar-refractivity contribution in [3.63, 3.8) is 0 Å². The first-order valence-corrected chi connectivity index (χ1v) is 16.5. The van der Waals surface area contributed by atoms with Gasteiger partial charge in [0.1, 0.15) is 11.6 Å². The molecule has 1 atom stereocenters. The normalized spacial score (nSPS) is 19.0. The van der Waals surface area contributed by atoms with Crippen LogP contribution in [0.25, 0.3) is 11.1 Å². The standard InChI is InChI=1S/C32H33F7N4O3S/c1-19-11-23(33)5-6-25(19)26-15-28(43-8-7-42-9-10-47(45,46)18-24(42)17-43)40-16-27(26)41(4)29(44)30(2,3)20-12-21(31(34,35)36)14-22(13-20)32(37,38)39/h5-6,11-16,24H,7-10,17-18H2,1-4H3/t24-/m1/s1. The molecule has 2 aliphatic rings. The Labute approximate surface area is 267 Å². The summed E-state index contributed by atoms with van der Waals surface area (Å²) in [6.45, 7) is 6.06. The highest BCUT2D eigenvalue weighted by molar-refractivity contribution is 7.91. The molecular weight excluding hydrogens is 653 g/mol. The topological polar surface area (TPSA) is 73.8 Å². The number of benzene rings is 2. The van der Waals surface area contributed by atoms with Gasteiger partial charge in [0.2, 0.25) is 5.91 Å². The fraction of sp³-hybridized carbons (Fsp3) is 0.438. The van der Waals surface area contributed by atoms with Gasteiger partial charge in [-0.15, -0.1) is 0 Å². The van der Waals surface area contributed by atoms with E-state index in [-0.39, 0.29) is 29.3 Å². The van der Waals surface area contributed by atoms with Crippen molar-refractivity contribution < 1.29 is 43.9 Å². The minimum absolute atomic E-state index is 0.00340. The van der Waals surface area contributed by atoms with Crippen molar-refractivity contribution in [2.24, 2.45) is 0 Å². The summed E-state index contributed by atoms with van der Waals surface area (Å²) in [5.41, 5.74) is -3.82. The Balaban J connectivity index is 1.56. The van der Waals surface area contributed by atoms with E-state index in [9.17, 15) is 43.9 Å². The Hall–Kier alpha value is -3.72. The predicted molar refractivity (Wildman–Crippen MR) is 163 cm³/mol. The Kier molecular flexibility index (Phi) is 8.88. The van der Waals surface area contributed by atoms with Gasteiger partial charge in [0, 0.05) is 44.8 Å². The SMILES string of the molecule is Cc1cc(F)ccc1-c1cc(N2CCN3CCS(=O)(=O)C[C@H]3C2)ncc1N(C)C(=O)C(C)(C)c1cc(C(F)(F)F)cc(C(F)(F)F)c1. The number of fused-ring (bicyclic) bond motifs is 1. The molecular formula is C32H33F7N4O3S. The van der Waals surface area contributed by atoms with Crippen LogP contribution in [-0.4, -0.2) is 75.0 Å². The van der Waals surface area contributed by atoms with Crippen molar-refractivity contribution >= 4 is 27.2 Å². The van der Waals surface area contributed by atoms with Gasteiger partial charge in [0.15, 0.2) is 9.84 Å². The predicted octanol–water partition coefficient (Wildman–Crippen LogP) is 6.09. The van der Waals surface area contributed by atoms with Gasteiger partial charge in [-0.3, -0.25) is 9.69 Å². The molecule has 1 aromatic heterocycles. The first-order valence-electron chi connectivity index (χ1n) is 14.7. The molecule has 15 heteroatoms. The molecule has 0 spiro atoms. The number of aromatic nitrogens is 1. The molecule has 5 rings (SSSR count). The molecule has 254 valence electrons. The van der Waals surface area contributed by atoms with Gasteiger partial charge < -0.3 is 9.80 Å². The molecule has 0 bridgehead atoms. The van der Waals surface area contributed by atoms with Gasteiger partial charge in [0.05, 0.1) is 39.9 Å². The Morgan fingerprint density at radius 2 is 1.51 bits per heavy atom. The third kappa shape index (κ3) is 7.10. The second-order valence-electron chi connectivity index (χ2n) is 12.6. The van der Waals surface area contributed by atoms with Gasteiger partial charge in [-0.25, -0.2) is 17.8 Å². The van der Waals surface area contributed by atoms with Crippen LogP contribution in [0.2, 0.25) is 0 Å². The minimum Gasteiger partial charge on any atom is -0.354 e. The average molecular weight is 687 g/mol. The van der Waals surface area contributed by atoms with Crippen LogP contribution in [0, 0.1) is 12.7 Å². The zero-order valence-electron chi connectivity index (χ0n) is 26.0. The van der Waals surface area contributed by atoms with Gasteiger partial charge in [-0.1, -0.05) is 6.07 Å². The lowest BCUT2D eigenvalue weighted by Gasteiger charge is -2.44. The molecule has 2 aliphatic heterocycles. The van der Waals surface area contributed by atoms with E-state index in [1.165, 1.54) is 45.3 Å². The molecule has 0 aliphatic carbocycles. The lowest BCUT2D eigenvalue weighted by Crippen LogP contribution is -2.59. The van der Waals surface area contributed by atoms with Gasteiger partial charge >= 0.3 is 12.4 Å². The molecule has 2 fully saturated rings. The van der Waals surface area contributed by atoms with Crippen LogP contribution in [-0.2, 0) is 32.4 Å². The summed E-state index contributed by atoms with van der Waals surface area (Å²) in [4.78, 5) is 23.7. The van der Waals surface area contributed by atoms with E-state index in [0.717, 1.165) is 4.90 Å². The summed E-state index contributed by atoms with van der Waals surface area (Å²) >= 11 is 0. The van der Waals surface area contributed by atoms with E-state index >= 15 is 0 Å². The zero-order valence-corrected chi connectivity index (χ0v) is 26.8. The monoisotopic (exact) mass is 686 g/mol. The molecule has 3 aromatic rings. The van der Waals surface area contributed by atoms with Crippen LogP contribution in [0.5, 0.6) is 0 Å². The summed E-state index contributed by atoms with van der Waals surface area (Å²) in [5.74, 6) is -0.764. The van der Waals surface area contributed by atoms with E-state index in [2.05, 4.69) is 9.88 Å². The van der Waals surface area contributed by atoms with Crippen molar-refractivity contribution in [3.8, 4) is 11.1 Å². The number of sulfone groups is 1. The van der Waals surface area contributed by atoms with E-state index < -0.39 is 56.0 Å². The summed E-state index contributed by atoms with van der Waals surface area (Å²) in [7, 11) is -1.86. The number of aryl methyl sites for hydroxylation is 1. The number of halogens is 7. The first-order chi connectivity index (χ1) is 21.7. The maximum atomic E-state index is 14.1. The van der Waals surface area contributed by atoms with Crippen LogP contribution in [0.1, 0.15) is 36.1 Å². The highest BCUT2D eigenvalue weighted by Crippen LogP contribution is 2.41. The van der Waals surface area contributed by atoms with Crippen LogP contribution in [0.3, 0.4) is 0 Å². The number of likely N-dealkylation sites (N-methyl/N-ethyl adjacent to an activating group) is 1. The number of nitrogens with zero attached hydrogens (tertiary/aromatic N) is 4. The average Bonchev–Trinajstić information content (AvgIpc) is 2.98. The largest absolute Gasteiger partial charge is 0.416 e. The maximum absolute atomic E-state index is 14.1. The molecule has 0 saturated carbocycles. The maximum Gasteiger partial charge on any atom is 0.416 e. The highest BCUT2D eigenvalue weighted by atomic mass is 32.2. The Morgan fingerprint density at radius 1 is 0.894 bits per heavy atom. The number of alkyl halides is 6. The number of anilines is 2. The second-order valence-corrected chi connectivity index (χ2v) is 14.8. The Morgan fingerprint density at radius 3 is 2.11 bits per heavy atom. The number of carbonyl (C=O) groups is 1. The molecule has 0 unspecified atom stereocenters. The van der Waals surface area contributed by atoms with E-state index in [0.29, 0.717) is 60.8 Å². The molecule has 2 aromatic carbocycles. The van der Waals surface area contributed by atoms with Gasteiger partial charge in [-0.05, 0) is 73.9 Å². The van der Waals surface area contributed by atoms with Crippen molar-refractivity contribution in [3.05, 3.63) is 76.7 Å². The van der Waals surface area contributed by atoms with Gasteiger partial charge in [-0.2, -0.15) is 26.3 Å². The molecule has 7 nitrogen and oxygen atoms in total. The summed E-state index contributed by atoms with van der Waals surface area (Å²) < 4.78 is 121. The number of amides is 1. The first kappa shape index (κ1) is 34.6. The van der Waals surface area contributed by atoms with E-state index in [1.54, 1.807) is 13.0 Å². The van der Waals surface area contributed by atoms with Crippen molar-refractivity contribution in [2.75, 3.05) is 54.5 Å². The summed E-state index contributed by atoms with van der Waals surface area (Å²) in [6.07, 6.45) is -8.82. The van der Waals surface area contributed by atoms with E-state index in [1.807, 2.05) is 4.90 Å². The highest BCUT2D eigenvalue weighted by Gasteiger charge is 2.42. The summed E-state index contributed by atoms with van der Waals surface area (Å²) in [5, 5.41) is 0. The van der Waals surface area contributed by atoms with Crippen molar-refractivity contribution in [1.82, 2.24) is 9.88 Å². The van der Waals surface area contributed by atoms with Crippen LogP contribution < -0.4 is 9.80 Å². The zero-order chi connectivity index (χ0) is 34.7. The van der Waals surface area contributed by atoms with Crippen molar-refractivity contribution in [2.45, 2.75) is 44.6 Å². The lowest BCUT2D eigenvalue weighted by molar-refractivity contribution is -0.143. The number of carbonyl (C=O) groups excluding carboxylic acids is 1. The lowest BCUT2D eigenvalue weighted by atomic mass is 9.81. The number of hydrogen-bond acceptors (Lipinski definition) is 6. The quantitative estimate of drug-likeness (QED) is 0.303. The van der Waals surface area contributed by atoms with Crippen LogP contribution in [0.15, 0.2) is 48.7 Å². The molecule has 0 N–H and O–H groups in total. The number of rotatable bonds is 5. The second kappa shape index (κ2) is 12.1. The third-order valence-corrected chi connectivity index (χ3v) is 10.6. The Bertz CT molecular complexity index is 1780. The third-order valence-electron chi connectivity index (χ3n) is 8.92. The molecule has 2 saturated heterocycles. The number of hydrogen-bond donors (Lipinski definition) is 0. The van der Waals surface area contributed by atoms with Crippen LogP contribution >= 0.6 is 0 Å². The summed E-state index contributed by atoms with van der Waals surface area (Å²) in [6, 6.07) is 6.53. The number of pyridine rings is 1. The molecule has 0 radical (unpaired) electrons.